The Morgan fingerprint density at radius 3 is 3.00 bits per heavy atom. The van der Waals surface area contributed by atoms with Crippen molar-refractivity contribution in [2.45, 2.75) is 19.3 Å². The van der Waals surface area contributed by atoms with E-state index in [2.05, 4.69) is 38.3 Å². The molecule has 0 radical (unpaired) electrons. The summed E-state index contributed by atoms with van der Waals surface area (Å²) in [5.41, 5.74) is 1.38. The minimum atomic E-state index is 0.905. The third-order valence-corrected chi connectivity index (χ3v) is 4.21. The lowest BCUT2D eigenvalue weighted by Crippen LogP contribution is -2.29. The zero-order valence-corrected chi connectivity index (χ0v) is 13.2. The van der Waals surface area contributed by atoms with Gasteiger partial charge in [0, 0.05) is 13.1 Å². The molecule has 0 saturated carbocycles. The Hall–Kier alpha value is -0.580. The van der Waals surface area contributed by atoms with Crippen LogP contribution in [0, 0.1) is 0 Å². The molecule has 4 heteroatoms. The Kier molecular flexibility index (Phi) is 6.14. The number of nitrogens with zero attached hydrogens (tertiary/aromatic N) is 1. The molecule has 1 aromatic carbocycles. The Balaban J connectivity index is 1.77. The average molecular weight is 327 g/mol. The molecule has 1 aliphatic heterocycles. The summed E-state index contributed by atoms with van der Waals surface area (Å²) in [6.45, 7) is 5.92. The summed E-state index contributed by atoms with van der Waals surface area (Å²) in [6, 6.07) is 6.37. The largest absolute Gasteiger partial charge is 0.496 e. The third kappa shape index (κ3) is 4.79. The highest BCUT2D eigenvalue weighted by molar-refractivity contribution is 9.10. The van der Waals surface area contributed by atoms with Crippen molar-refractivity contribution in [2.75, 3.05) is 39.8 Å². The Labute approximate surface area is 124 Å². The van der Waals surface area contributed by atoms with E-state index in [-0.39, 0.29) is 0 Å². The van der Waals surface area contributed by atoms with Gasteiger partial charge in [-0.15, -0.1) is 0 Å². The van der Waals surface area contributed by atoms with E-state index in [4.69, 9.17) is 4.74 Å². The van der Waals surface area contributed by atoms with Gasteiger partial charge in [0.2, 0.25) is 0 Å². The smallest absolute Gasteiger partial charge is 0.133 e. The summed E-state index contributed by atoms with van der Waals surface area (Å²) in [6.07, 6.45) is 3.62. The second-order valence-electron chi connectivity index (χ2n) is 5.02. The average Bonchev–Trinajstić information content (AvgIpc) is 2.68. The lowest BCUT2D eigenvalue weighted by Gasteiger charge is -2.19. The van der Waals surface area contributed by atoms with Gasteiger partial charge in [-0.25, -0.2) is 0 Å². The van der Waals surface area contributed by atoms with Gasteiger partial charge in [-0.05, 0) is 72.5 Å². The second kappa shape index (κ2) is 7.88. The highest BCUT2D eigenvalue weighted by Gasteiger charge is 2.08. The van der Waals surface area contributed by atoms with Gasteiger partial charge in [0.15, 0.2) is 0 Å². The summed E-state index contributed by atoms with van der Waals surface area (Å²) in [4.78, 5) is 2.57. The van der Waals surface area contributed by atoms with Crippen LogP contribution in [0.3, 0.4) is 0 Å². The van der Waals surface area contributed by atoms with E-state index in [9.17, 15) is 0 Å². The second-order valence-corrected chi connectivity index (χ2v) is 5.87. The fourth-order valence-electron chi connectivity index (χ4n) is 2.50. The molecule has 1 fully saturated rings. The molecule has 106 valence electrons. The Bertz CT molecular complexity index is 390. The van der Waals surface area contributed by atoms with Crippen LogP contribution >= 0.6 is 15.9 Å². The lowest BCUT2D eigenvalue weighted by molar-refractivity contribution is 0.289. The molecule has 0 aromatic heterocycles. The van der Waals surface area contributed by atoms with E-state index in [0.717, 1.165) is 23.2 Å². The van der Waals surface area contributed by atoms with E-state index >= 15 is 0 Å². The molecule has 1 heterocycles. The first-order valence-electron chi connectivity index (χ1n) is 7.05. The highest BCUT2D eigenvalue weighted by atomic mass is 79.9. The Morgan fingerprint density at radius 2 is 2.21 bits per heavy atom. The molecule has 1 N–H and O–H groups in total. The number of benzene rings is 1. The SMILES string of the molecule is COc1ccc(CCCN2CCCNCC2)cc1Br. The number of rotatable bonds is 5. The van der Waals surface area contributed by atoms with E-state index in [1.54, 1.807) is 7.11 Å². The van der Waals surface area contributed by atoms with Crippen molar-refractivity contribution >= 4 is 15.9 Å². The predicted molar refractivity (Wildman–Crippen MR) is 82.9 cm³/mol. The topological polar surface area (TPSA) is 24.5 Å². The molecule has 2 rings (SSSR count). The van der Waals surface area contributed by atoms with Crippen LogP contribution in [0.5, 0.6) is 5.75 Å². The summed E-state index contributed by atoms with van der Waals surface area (Å²) < 4.78 is 6.30. The van der Waals surface area contributed by atoms with Crippen molar-refractivity contribution in [1.82, 2.24) is 10.2 Å². The van der Waals surface area contributed by atoms with Crippen molar-refractivity contribution in [3.8, 4) is 5.75 Å². The number of methoxy groups -OCH3 is 1. The molecule has 1 aromatic rings. The van der Waals surface area contributed by atoms with Crippen LogP contribution in [-0.2, 0) is 6.42 Å². The zero-order chi connectivity index (χ0) is 13.5. The standard InChI is InChI=1S/C15H23BrN2O/c1-19-15-6-5-13(12-14(15)16)4-2-9-18-10-3-7-17-8-11-18/h5-6,12,17H,2-4,7-11H2,1H3. The maximum absolute atomic E-state index is 5.25. The van der Waals surface area contributed by atoms with Crippen LogP contribution in [-0.4, -0.2) is 44.7 Å². The van der Waals surface area contributed by atoms with E-state index in [1.165, 1.54) is 44.6 Å². The van der Waals surface area contributed by atoms with Crippen molar-refractivity contribution in [2.24, 2.45) is 0 Å². The first-order valence-corrected chi connectivity index (χ1v) is 7.84. The molecule has 0 unspecified atom stereocenters. The first kappa shape index (κ1) is 14.8. The third-order valence-electron chi connectivity index (χ3n) is 3.59. The number of nitrogens with one attached hydrogen (secondary N) is 1. The maximum atomic E-state index is 5.25. The zero-order valence-electron chi connectivity index (χ0n) is 11.6. The fourth-order valence-corrected chi connectivity index (χ4v) is 3.09. The molecular weight excluding hydrogens is 304 g/mol. The van der Waals surface area contributed by atoms with E-state index < -0.39 is 0 Å². The Morgan fingerprint density at radius 1 is 1.32 bits per heavy atom. The van der Waals surface area contributed by atoms with Gasteiger partial charge in [-0.1, -0.05) is 6.07 Å². The molecule has 19 heavy (non-hydrogen) atoms. The lowest BCUT2D eigenvalue weighted by atomic mass is 10.1. The molecule has 0 spiro atoms. The molecular formula is C15H23BrN2O. The first-order chi connectivity index (χ1) is 9.29. The van der Waals surface area contributed by atoms with Crippen LogP contribution < -0.4 is 10.1 Å². The van der Waals surface area contributed by atoms with Crippen LogP contribution in [0.2, 0.25) is 0 Å². The van der Waals surface area contributed by atoms with Crippen molar-refractivity contribution in [3.63, 3.8) is 0 Å². The molecule has 3 nitrogen and oxygen atoms in total. The van der Waals surface area contributed by atoms with Crippen molar-refractivity contribution < 1.29 is 4.74 Å². The van der Waals surface area contributed by atoms with Gasteiger partial charge >= 0.3 is 0 Å². The normalized spacial score (nSPS) is 17.2. The molecule has 1 aliphatic rings. The summed E-state index contributed by atoms with van der Waals surface area (Å²) in [7, 11) is 1.70. The molecule has 0 bridgehead atoms. The number of hydrogen-bond donors (Lipinski definition) is 1. The van der Waals surface area contributed by atoms with Crippen molar-refractivity contribution in [3.05, 3.63) is 28.2 Å². The van der Waals surface area contributed by atoms with Gasteiger partial charge in [-0.2, -0.15) is 0 Å². The van der Waals surface area contributed by atoms with Gasteiger partial charge in [0.1, 0.15) is 5.75 Å². The van der Waals surface area contributed by atoms with Crippen LogP contribution in [0.15, 0.2) is 22.7 Å². The van der Waals surface area contributed by atoms with Gasteiger partial charge in [0.05, 0.1) is 11.6 Å². The quantitative estimate of drug-likeness (QED) is 0.900. The van der Waals surface area contributed by atoms with Crippen LogP contribution in [0.1, 0.15) is 18.4 Å². The monoisotopic (exact) mass is 326 g/mol. The number of hydrogen-bond acceptors (Lipinski definition) is 3. The van der Waals surface area contributed by atoms with Gasteiger partial charge < -0.3 is 15.0 Å². The van der Waals surface area contributed by atoms with Crippen LogP contribution in [0.4, 0.5) is 0 Å². The summed E-state index contributed by atoms with van der Waals surface area (Å²) >= 11 is 3.54. The number of halogens is 1. The minimum Gasteiger partial charge on any atom is -0.496 e. The van der Waals surface area contributed by atoms with Gasteiger partial charge in [-0.3, -0.25) is 0 Å². The van der Waals surface area contributed by atoms with E-state index in [1.807, 2.05) is 6.07 Å². The molecule has 0 atom stereocenters. The molecule has 0 aliphatic carbocycles. The number of aryl methyl sites for hydroxylation is 1. The van der Waals surface area contributed by atoms with Crippen LogP contribution in [0.25, 0.3) is 0 Å². The number of ether oxygens (including phenoxy) is 1. The van der Waals surface area contributed by atoms with E-state index in [0.29, 0.717) is 0 Å². The highest BCUT2D eigenvalue weighted by Crippen LogP contribution is 2.25. The predicted octanol–water partition coefficient (Wildman–Crippen LogP) is 2.69. The fraction of sp³-hybridized carbons (Fsp3) is 0.600. The molecule has 0 amide bonds. The summed E-state index contributed by atoms with van der Waals surface area (Å²) in [5, 5.41) is 3.44. The van der Waals surface area contributed by atoms with Crippen molar-refractivity contribution in [1.29, 1.82) is 0 Å². The maximum Gasteiger partial charge on any atom is 0.133 e. The van der Waals surface area contributed by atoms with Gasteiger partial charge in [0.25, 0.3) is 0 Å². The summed E-state index contributed by atoms with van der Waals surface area (Å²) in [5.74, 6) is 0.905. The molecule has 1 saturated heterocycles. The minimum absolute atomic E-state index is 0.905.